The van der Waals surface area contributed by atoms with Gasteiger partial charge in [0.05, 0.1) is 25.2 Å². The molecule has 1 amide bonds. The Labute approximate surface area is 260 Å². The molecule has 1 aliphatic rings. The first kappa shape index (κ1) is 31.3. The number of amides is 1. The van der Waals surface area contributed by atoms with Gasteiger partial charge in [-0.2, -0.15) is 0 Å². The molecular weight excluding hydrogens is 578 g/mol. The third-order valence-corrected chi connectivity index (χ3v) is 8.56. The van der Waals surface area contributed by atoms with Crippen LogP contribution >= 0.6 is 11.8 Å². The molecule has 4 atom stereocenters. The van der Waals surface area contributed by atoms with E-state index in [9.17, 15) is 14.7 Å². The van der Waals surface area contributed by atoms with Gasteiger partial charge in [-0.3, -0.25) is 9.59 Å². The second-order valence-electron chi connectivity index (χ2n) is 10.6. The molecule has 228 valence electrons. The molecule has 1 saturated heterocycles. The largest absolute Gasteiger partial charge is 0.481 e. The quantitative estimate of drug-likeness (QED) is 0.136. The minimum Gasteiger partial charge on any atom is -0.481 e. The number of ether oxygens (including phenoxy) is 2. The van der Waals surface area contributed by atoms with E-state index >= 15 is 0 Å². The van der Waals surface area contributed by atoms with Crippen molar-refractivity contribution in [3.8, 4) is 11.1 Å². The van der Waals surface area contributed by atoms with Crippen molar-refractivity contribution in [3.63, 3.8) is 0 Å². The molecule has 44 heavy (non-hydrogen) atoms. The number of benzene rings is 3. The van der Waals surface area contributed by atoms with E-state index in [0.717, 1.165) is 33.4 Å². The molecule has 9 nitrogen and oxygen atoms in total. The van der Waals surface area contributed by atoms with Gasteiger partial charge in [0.1, 0.15) is 0 Å². The number of aliphatic carboxylic acids is 1. The first-order chi connectivity index (χ1) is 21.4. The summed E-state index contributed by atoms with van der Waals surface area (Å²) in [4.78, 5) is 31.6. The van der Waals surface area contributed by atoms with Gasteiger partial charge in [-0.25, -0.2) is 9.97 Å². The van der Waals surface area contributed by atoms with Crippen molar-refractivity contribution < 1.29 is 29.3 Å². The summed E-state index contributed by atoms with van der Waals surface area (Å²) in [6.07, 6.45) is 2.22. The van der Waals surface area contributed by atoms with Gasteiger partial charge in [0.15, 0.2) is 11.4 Å². The van der Waals surface area contributed by atoms with Crippen LogP contribution in [0.1, 0.15) is 54.4 Å². The number of nitrogens with zero attached hydrogens (tertiary/aromatic N) is 2. The number of thioether (sulfide) groups is 1. The first-order valence-electron chi connectivity index (χ1n) is 14.5. The molecule has 1 aromatic heterocycles. The number of aromatic nitrogens is 2. The number of carboxylic acid groups (broad SMARTS) is 1. The van der Waals surface area contributed by atoms with E-state index in [-0.39, 0.29) is 43.5 Å². The lowest BCUT2D eigenvalue weighted by molar-refractivity contribution is -0.268. The second kappa shape index (κ2) is 15.1. The topological polar surface area (TPSA) is 131 Å². The number of carboxylic acids is 1. The van der Waals surface area contributed by atoms with Crippen molar-refractivity contribution in [2.24, 2.45) is 5.92 Å². The van der Waals surface area contributed by atoms with Crippen molar-refractivity contribution in [2.75, 3.05) is 5.75 Å². The summed E-state index contributed by atoms with van der Waals surface area (Å²) in [7, 11) is 0. The van der Waals surface area contributed by atoms with Crippen LogP contribution in [0.4, 0.5) is 0 Å². The van der Waals surface area contributed by atoms with Crippen molar-refractivity contribution in [1.82, 2.24) is 15.3 Å². The Morgan fingerprint density at radius 3 is 2.30 bits per heavy atom. The number of aliphatic hydroxyl groups excluding tert-OH is 1. The summed E-state index contributed by atoms with van der Waals surface area (Å²) >= 11 is 1.55. The third kappa shape index (κ3) is 8.09. The molecule has 0 spiro atoms. The van der Waals surface area contributed by atoms with Gasteiger partial charge in [0.25, 0.3) is 0 Å². The maximum atomic E-state index is 12.1. The van der Waals surface area contributed by atoms with E-state index in [2.05, 4.69) is 22.2 Å². The summed E-state index contributed by atoms with van der Waals surface area (Å²) < 4.78 is 13.1. The van der Waals surface area contributed by atoms with E-state index in [4.69, 9.17) is 14.6 Å². The number of carbonyl (C=O) groups excluding carboxylic acids is 1. The smallest absolute Gasteiger partial charge is 0.303 e. The highest BCUT2D eigenvalue weighted by atomic mass is 32.2. The predicted molar refractivity (Wildman–Crippen MR) is 166 cm³/mol. The summed E-state index contributed by atoms with van der Waals surface area (Å²) in [6, 6.07) is 25.4. The van der Waals surface area contributed by atoms with Crippen molar-refractivity contribution >= 4 is 23.6 Å². The number of carbonyl (C=O) groups is 2. The average Bonchev–Trinajstić information content (AvgIpc) is 3.06. The molecule has 5 rings (SSSR count). The SMILES string of the molecule is C[C@H]1[C@@H](CSc2ncccn2)O[C@@H](c2ccc(-c3ccccc3CNC(=O)CCC(=O)O)cc2)O[C@H]1c1ccc(CO)cc1. The molecule has 0 aliphatic carbocycles. The molecule has 4 aromatic rings. The summed E-state index contributed by atoms with van der Waals surface area (Å²) in [6.45, 7) is 2.40. The van der Waals surface area contributed by atoms with Gasteiger partial charge in [0, 0.05) is 42.6 Å². The number of nitrogens with one attached hydrogen (secondary N) is 1. The Kier molecular flexibility index (Phi) is 10.7. The van der Waals surface area contributed by atoms with Gasteiger partial charge in [-0.15, -0.1) is 0 Å². The fraction of sp³-hybridized carbons (Fsp3) is 0.294. The van der Waals surface area contributed by atoms with Crippen LogP contribution < -0.4 is 5.32 Å². The zero-order valence-corrected chi connectivity index (χ0v) is 25.2. The monoisotopic (exact) mass is 613 g/mol. The van der Waals surface area contributed by atoms with E-state index in [1.165, 1.54) is 0 Å². The van der Waals surface area contributed by atoms with E-state index < -0.39 is 12.3 Å². The highest BCUT2D eigenvalue weighted by Gasteiger charge is 2.38. The lowest BCUT2D eigenvalue weighted by atomic mass is 9.91. The predicted octanol–water partition coefficient (Wildman–Crippen LogP) is 5.70. The van der Waals surface area contributed by atoms with Crippen molar-refractivity contribution in [1.29, 1.82) is 0 Å². The molecule has 0 bridgehead atoms. The maximum Gasteiger partial charge on any atom is 0.303 e. The van der Waals surface area contributed by atoms with Crippen LogP contribution in [0, 0.1) is 5.92 Å². The molecule has 3 N–H and O–H groups in total. The third-order valence-electron chi connectivity index (χ3n) is 7.60. The van der Waals surface area contributed by atoms with Crippen molar-refractivity contribution in [3.05, 3.63) is 114 Å². The van der Waals surface area contributed by atoms with E-state index in [1.807, 2.05) is 72.8 Å². The van der Waals surface area contributed by atoms with Crippen LogP contribution in [0.3, 0.4) is 0 Å². The van der Waals surface area contributed by atoms with Gasteiger partial charge < -0.3 is 25.0 Å². The molecule has 3 aromatic carbocycles. The van der Waals surface area contributed by atoms with Crippen LogP contribution in [0.5, 0.6) is 0 Å². The fourth-order valence-corrected chi connectivity index (χ4v) is 6.07. The Balaban J connectivity index is 1.34. The second-order valence-corrected chi connectivity index (χ2v) is 11.6. The average molecular weight is 614 g/mol. The fourth-order valence-electron chi connectivity index (χ4n) is 5.11. The van der Waals surface area contributed by atoms with Gasteiger partial charge in [-0.1, -0.05) is 91.5 Å². The molecule has 0 radical (unpaired) electrons. The Hall–Kier alpha value is -4.09. The van der Waals surface area contributed by atoms with E-state index in [1.54, 1.807) is 30.2 Å². The van der Waals surface area contributed by atoms with Gasteiger partial charge in [-0.05, 0) is 33.9 Å². The van der Waals surface area contributed by atoms with Crippen LogP contribution in [0.2, 0.25) is 0 Å². The number of hydrogen-bond donors (Lipinski definition) is 3. The molecule has 1 aliphatic heterocycles. The minimum absolute atomic E-state index is 0.0179. The zero-order valence-electron chi connectivity index (χ0n) is 24.3. The van der Waals surface area contributed by atoms with Crippen LogP contribution in [-0.4, -0.2) is 43.9 Å². The Morgan fingerprint density at radius 2 is 1.59 bits per heavy atom. The molecule has 0 unspecified atom stereocenters. The zero-order chi connectivity index (χ0) is 30.9. The normalized spacial score (nSPS) is 19.8. The number of hydrogen-bond acceptors (Lipinski definition) is 8. The van der Waals surface area contributed by atoms with E-state index in [0.29, 0.717) is 17.5 Å². The molecule has 0 saturated carbocycles. The van der Waals surface area contributed by atoms with Crippen LogP contribution in [0.25, 0.3) is 11.1 Å². The summed E-state index contributed by atoms with van der Waals surface area (Å²) in [5.41, 5.74) is 5.60. The standard InChI is InChI=1S/C34H35N3O6S/c1-22-29(21-44-34-35-17-4-18-36-34)42-33(43-32(22)25-9-7-23(20-38)8-10-25)26-13-11-24(12-14-26)28-6-3-2-5-27(28)19-37-30(39)15-16-31(40)41/h2-14,17-18,22,29,32-33,38H,15-16,19-21H2,1H3,(H,37,39)(H,40,41)/t22-,29+,32+,33+/m0/s1. The highest BCUT2D eigenvalue weighted by Crippen LogP contribution is 2.43. The lowest BCUT2D eigenvalue weighted by Gasteiger charge is -2.41. The maximum absolute atomic E-state index is 12.1. The summed E-state index contributed by atoms with van der Waals surface area (Å²) in [5.74, 6) is -0.605. The molecule has 10 heteroatoms. The number of aliphatic hydroxyl groups is 1. The van der Waals surface area contributed by atoms with Crippen LogP contribution in [-0.2, 0) is 32.2 Å². The molecule has 2 heterocycles. The summed E-state index contributed by atoms with van der Waals surface area (Å²) in [5, 5.41) is 21.9. The van der Waals surface area contributed by atoms with Crippen LogP contribution in [0.15, 0.2) is 96.4 Å². The lowest BCUT2D eigenvalue weighted by Crippen LogP contribution is -2.38. The van der Waals surface area contributed by atoms with Crippen molar-refractivity contribution in [2.45, 2.75) is 56.6 Å². The van der Waals surface area contributed by atoms with Gasteiger partial charge in [0.2, 0.25) is 5.91 Å². The Bertz CT molecular complexity index is 1540. The molecular formula is C34H35N3O6S. The number of rotatable bonds is 12. The molecule has 1 fully saturated rings. The minimum atomic E-state index is -0.998. The van der Waals surface area contributed by atoms with Gasteiger partial charge >= 0.3 is 5.97 Å². The highest BCUT2D eigenvalue weighted by molar-refractivity contribution is 7.99. The first-order valence-corrected chi connectivity index (χ1v) is 15.5. The Morgan fingerprint density at radius 1 is 0.886 bits per heavy atom.